The summed E-state index contributed by atoms with van der Waals surface area (Å²) in [7, 11) is 0. The van der Waals surface area contributed by atoms with Gasteiger partial charge in [-0.2, -0.15) is 10.2 Å². The topological polar surface area (TPSA) is 163 Å². The molecule has 6 aromatic rings. The first-order valence-electron chi connectivity index (χ1n) is 29.6. The smallest absolute Gasteiger partial charge is 0.154 e. The van der Waals surface area contributed by atoms with Crippen molar-refractivity contribution in [1.82, 2.24) is 74.1 Å². The number of imidazole rings is 1. The largest absolute Gasteiger partial charge is 0.378 e. The molecule has 16 heteroatoms. The first-order valence-corrected chi connectivity index (χ1v) is 29.6. The van der Waals surface area contributed by atoms with Crippen LogP contribution in [0.1, 0.15) is 312 Å². The van der Waals surface area contributed by atoms with E-state index >= 15 is 0 Å². The fraction of sp³-hybridized carbons (Fsp3) is 0.742. The Labute approximate surface area is 475 Å². The minimum Gasteiger partial charge on any atom is -0.378 e. The Morgan fingerprint density at radius 3 is 1.40 bits per heavy atom. The molecule has 78 heavy (non-hydrogen) atoms. The van der Waals surface area contributed by atoms with Gasteiger partial charge >= 0.3 is 0 Å². The third-order valence-corrected chi connectivity index (χ3v) is 13.1. The molecule has 1 aliphatic rings. The van der Waals surface area contributed by atoms with E-state index in [1.807, 2.05) is 40.2 Å². The molecule has 0 saturated carbocycles. The molecule has 1 saturated heterocycles. The van der Waals surface area contributed by atoms with Crippen LogP contribution in [0.4, 0.5) is 0 Å². The lowest BCUT2D eigenvalue weighted by Crippen LogP contribution is -2.25. The van der Waals surface area contributed by atoms with Crippen LogP contribution in [0.2, 0.25) is 0 Å². The minimum absolute atomic E-state index is 0.349. The normalized spacial score (nSPS) is 14.3. The summed E-state index contributed by atoms with van der Waals surface area (Å²) in [4.78, 5) is 12.9. The van der Waals surface area contributed by atoms with Crippen molar-refractivity contribution in [3.63, 3.8) is 0 Å². The van der Waals surface area contributed by atoms with Gasteiger partial charge in [-0.1, -0.05) is 131 Å². The van der Waals surface area contributed by atoms with Gasteiger partial charge in [-0.05, 0) is 139 Å². The van der Waals surface area contributed by atoms with Crippen molar-refractivity contribution in [1.29, 1.82) is 0 Å². The minimum atomic E-state index is 0.349. The molecular formula is C62H113N15O. The SMILES string of the molecule is CC(C)C1CCOC1C(C)C.CC(C)c1cccnc1C(C)C.CC(C)c1ccnn1C(C)C.CC(C)c1nccn1C(C)C.CC(C)c1ncnn1C(C)C.CC(C)c1nncn1C(C)C.CC(C)c1nnnn1C(C)C. The van der Waals surface area contributed by atoms with Gasteiger partial charge in [0.1, 0.15) is 30.1 Å². The Balaban J connectivity index is 0.000000455. The van der Waals surface area contributed by atoms with E-state index in [-0.39, 0.29) is 0 Å². The molecule has 16 nitrogen and oxygen atoms in total. The summed E-state index contributed by atoms with van der Waals surface area (Å²) in [5, 5.41) is 27.8. The maximum absolute atomic E-state index is 5.69. The van der Waals surface area contributed by atoms with Crippen LogP contribution in [0.25, 0.3) is 0 Å². The Bertz CT molecular complexity index is 1990. The predicted octanol–water partition coefficient (Wildman–Crippen LogP) is 16.5. The van der Waals surface area contributed by atoms with E-state index in [2.05, 4.69) is 271 Å². The van der Waals surface area contributed by atoms with Crippen molar-refractivity contribution in [2.24, 2.45) is 17.8 Å². The van der Waals surface area contributed by atoms with Crippen molar-refractivity contribution in [2.45, 2.75) is 278 Å². The zero-order chi connectivity index (χ0) is 59.7. The molecule has 0 spiro atoms. The molecule has 0 amide bonds. The van der Waals surface area contributed by atoms with Gasteiger partial charge in [0, 0.05) is 90.6 Å². The second-order valence-corrected chi connectivity index (χ2v) is 24.8. The lowest BCUT2D eigenvalue weighted by Gasteiger charge is -2.24. The van der Waals surface area contributed by atoms with Crippen LogP contribution in [0.3, 0.4) is 0 Å². The van der Waals surface area contributed by atoms with Crippen LogP contribution >= 0.6 is 0 Å². The van der Waals surface area contributed by atoms with E-state index in [9.17, 15) is 0 Å². The van der Waals surface area contributed by atoms with Crippen molar-refractivity contribution in [3.8, 4) is 0 Å². The number of hydrogen-bond acceptors (Lipinski definition) is 11. The van der Waals surface area contributed by atoms with E-state index in [4.69, 9.17) is 4.74 Å². The molecule has 7 rings (SSSR count). The van der Waals surface area contributed by atoms with Gasteiger partial charge in [0.15, 0.2) is 5.82 Å². The summed E-state index contributed by atoms with van der Waals surface area (Å²) in [6.07, 6.45) is 12.9. The predicted molar refractivity (Wildman–Crippen MR) is 325 cm³/mol. The van der Waals surface area contributed by atoms with Gasteiger partial charge in [-0.3, -0.25) is 9.67 Å². The standard InChI is InChI=1S/C11H17N.C10H20O.2C9H16N2.2C8H15N3.C7H14N4/c1-8(2)10-6-5-7-12-11(10)9(3)4;1-7(2)9-5-6-11-10(9)8(3)4;1-7(2)9-10-5-6-11(9)8(3)4;1-7(2)9-5-6-10-11(9)8(3)4;1-6(2)8-10-9-5-11(8)7(3)4;1-6(2)8-9-5-10-11(8)7(3)4;1-5(2)7-8-9-10-11(7)6(3)4/h5-9H,1-4H3;7-10H,5-6H2,1-4H3;2*5-8H,1-4H3;2*5-7H,1-4H3;5-6H,1-4H3. The third kappa shape index (κ3) is 23.3. The summed E-state index contributed by atoms with van der Waals surface area (Å²) in [5.74, 6) is 10.1. The van der Waals surface area contributed by atoms with Crippen molar-refractivity contribution in [3.05, 3.63) is 95.9 Å². The van der Waals surface area contributed by atoms with Gasteiger partial charge < -0.3 is 13.9 Å². The average Bonchev–Trinajstić information content (AvgIpc) is 4.22. The summed E-state index contributed by atoms with van der Waals surface area (Å²) >= 11 is 0. The highest BCUT2D eigenvalue weighted by Gasteiger charge is 2.32. The lowest BCUT2D eigenvalue weighted by molar-refractivity contribution is 0.0435. The number of tetrazole rings is 1. The molecule has 0 radical (unpaired) electrons. The average molecular weight is 1080 g/mol. The lowest BCUT2D eigenvalue weighted by atomic mass is 9.84. The van der Waals surface area contributed by atoms with Gasteiger partial charge in [-0.15, -0.1) is 15.3 Å². The maximum atomic E-state index is 5.69. The molecule has 6 aromatic heterocycles. The fourth-order valence-electron chi connectivity index (χ4n) is 8.93. The highest BCUT2D eigenvalue weighted by Crippen LogP contribution is 2.32. The second kappa shape index (κ2) is 35.5. The Kier molecular flexibility index (Phi) is 32.3. The van der Waals surface area contributed by atoms with Gasteiger partial charge in [-0.25, -0.2) is 19.3 Å². The molecule has 0 N–H and O–H groups in total. The molecular weight excluding hydrogens is 971 g/mol. The second-order valence-electron chi connectivity index (χ2n) is 24.8. The van der Waals surface area contributed by atoms with E-state index in [0.717, 1.165) is 35.9 Å². The molecule has 442 valence electrons. The molecule has 7 heterocycles. The highest BCUT2D eigenvalue weighted by molar-refractivity contribution is 5.25. The monoisotopic (exact) mass is 1080 g/mol. The summed E-state index contributed by atoms with van der Waals surface area (Å²) < 4.78 is 15.9. The van der Waals surface area contributed by atoms with E-state index in [1.165, 1.54) is 29.2 Å². The number of aromatic nitrogens is 15. The Hall–Kier alpha value is -5.12. The summed E-state index contributed by atoms with van der Waals surface area (Å²) in [6.45, 7) is 61.6. The Morgan fingerprint density at radius 2 is 1.03 bits per heavy atom. The summed E-state index contributed by atoms with van der Waals surface area (Å²) in [6, 6.07) is 8.50. The van der Waals surface area contributed by atoms with E-state index < -0.39 is 0 Å². The van der Waals surface area contributed by atoms with Crippen LogP contribution in [-0.2, 0) is 4.74 Å². The van der Waals surface area contributed by atoms with Crippen molar-refractivity contribution in [2.75, 3.05) is 6.61 Å². The molecule has 0 bridgehead atoms. The van der Waals surface area contributed by atoms with Gasteiger partial charge in [0.25, 0.3) is 0 Å². The molecule has 2 unspecified atom stereocenters. The zero-order valence-electron chi connectivity index (χ0n) is 54.5. The first kappa shape index (κ1) is 70.9. The van der Waals surface area contributed by atoms with Crippen molar-refractivity contribution >= 4 is 0 Å². The maximum Gasteiger partial charge on any atom is 0.154 e. The molecule has 2 atom stereocenters. The van der Waals surface area contributed by atoms with Crippen LogP contribution in [-0.4, -0.2) is 86.8 Å². The number of ether oxygens (including phenoxy) is 1. The van der Waals surface area contributed by atoms with Crippen LogP contribution in [0, 0.1) is 17.8 Å². The Morgan fingerprint density at radius 1 is 0.462 bits per heavy atom. The quantitative estimate of drug-likeness (QED) is 0.102. The van der Waals surface area contributed by atoms with Gasteiger partial charge in [0.2, 0.25) is 0 Å². The van der Waals surface area contributed by atoms with Gasteiger partial charge in [0.05, 0.1) is 12.1 Å². The zero-order valence-corrected chi connectivity index (χ0v) is 54.5. The first-order chi connectivity index (χ1) is 36.4. The molecule has 0 aromatic carbocycles. The third-order valence-electron chi connectivity index (χ3n) is 13.1. The number of rotatable bonds is 14. The van der Waals surface area contributed by atoms with E-state index in [1.54, 1.807) is 12.7 Å². The van der Waals surface area contributed by atoms with E-state index in [0.29, 0.717) is 83.7 Å². The highest BCUT2D eigenvalue weighted by atomic mass is 16.5. The molecule has 0 aliphatic carbocycles. The van der Waals surface area contributed by atoms with Crippen molar-refractivity contribution < 1.29 is 4.74 Å². The number of hydrogen-bond donors (Lipinski definition) is 0. The molecule has 1 aliphatic heterocycles. The summed E-state index contributed by atoms with van der Waals surface area (Å²) in [5.41, 5.74) is 3.94. The fourth-order valence-corrected chi connectivity index (χ4v) is 8.93. The van der Waals surface area contributed by atoms with Crippen LogP contribution in [0.15, 0.2) is 55.6 Å². The number of pyridine rings is 1. The van der Waals surface area contributed by atoms with Crippen LogP contribution < -0.4 is 0 Å². The van der Waals surface area contributed by atoms with Crippen LogP contribution in [0.5, 0.6) is 0 Å². The molecule has 1 fully saturated rings. The number of nitrogens with zero attached hydrogens (tertiary/aromatic N) is 15.